The molecule has 2 amide bonds. The highest BCUT2D eigenvalue weighted by atomic mass is 35.5. The Morgan fingerprint density at radius 1 is 0.968 bits per heavy atom. The molecule has 2 aromatic carbocycles. The second kappa shape index (κ2) is 15.4. The number of piperidine rings is 3. The van der Waals surface area contributed by atoms with Crippen molar-refractivity contribution in [2.24, 2.45) is 25.9 Å². The number of ether oxygens (including phenoxy) is 1. The highest BCUT2D eigenvalue weighted by Gasteiger charge is 2.51. The zero-order valence-electron chi connectivity index (χ0n) is 35.4. The molecule has 4 saturated heterocycles. The molecule has 63 heavy (non-hydrogen) atoms. The van der Waals surface area contributed by atoms with Crippen LogP contribution < -0.4 is 31.1 Å². The van der Waals surface area contributed by atoms with Crippen LogP contribution in [0, 0.1) is 11.8 Å². The first kappa shape index (κ1) is 40.4. The SMILES string of the molecule is Cn1nc(C2CCC(=O)NC2=O)c2cccc(C3C[C@H]4CC[C@@H](C3)N4CC3CCN(c4ncc(Cl)c(Nc5ccc6c(c5)c5c(c(=O)n6C)OCC(F)(F)[C@H](C6CC6)N5)n4)CC3)c21. The molecular weight excluding hydrogens is 830 g/mol. The summed E-state index contributed by atoms with van der Waals surface area (Å²) in [6, 6.07) is 11.8. The molecule has 0 radical (unpaired) electrons. The van der Waals surface area contributed by atoms with E-state index >= 15 is 8.78 Å². The van der Waals surface area contributed by atoms with E-state index in [0.29, 0.717) is 83.0 Å². The molecule has 3 aromatic heterocycles. The van der Waals surface area contributed by atoms with Crippen LogP contribution in [-0.4, -0.2) is 91.3 Å². The number of benzene rings is 2. The molecule has 11 rings (SSSR count). The van der Waals surface area contributed by atoms with Crippen molar-refractivity contribution >= 4 is 68.4 Å². The van der Waals surface area contributed by atoms with Crippen LogP contribution in [0.1, 0.15) is 87.3 Å². The van der Waals surface area contributed by atoms with Crippen molar-refractivity contribution in [3.63, 3.8) is 0 Å². The van der Waals surface area contributed by atoms with E-state index in [1.807, 2.05) is 23.9 Å². The maximum absolute atomic E-state index is 15.2. The predicted octanol–water partition coefficient (Wildman–Crippen LogP) is 6.98. The van der Waals surface area contributed by atoms with Crippen LogP contribution in [0.4, 0.5) is 31.9 Å². The minimum Gasteiger partial charge on any atom is -0.480 e. The van der Waals surface area contributed by atoms with Crippen molar-refractivity contribution in [3.8, 4) is 5.75 Å². The molecule has 2 bridgehead atoms. The van der Waals surface area contributed by atoms with Crippen LogP contribution in [-0.2, 0) is 23.7 Å². The maximum Gasteiger partial charge on any atom is 0.301 e. The van der Waals surface area contributed by atoms with Gasteiger partial charge in [0.25, 0.3) is 5.56 Å². The number of rotatable bonds is 8. The number of carbonyl (C=O) groups is 2. The predicted molar refractivity (Wildman–Crippen MR) is 236 cm³/mol. The second-order valence-electron chi connectivity index (χ2n) is 18.7. The maximum atomic E-state index is 15.2. The van der Waals surface area contributed by atoms with Gasteiger partial charge in [-0.3, -0.25) is 29.3 Å². The second-order valence-corrected chi connectivity index (χ2v) is 19.1. The van der Waals surface area contributed by atoms with Crippen LogP contribution in [0.25, 0.3) is 21.8 Å². The van der Waals surface area contributed by atoms with Crippen LogP contribution in [0.15, 0.2) is 47.4 Å². The summed E-state index contributed by atoms with van der Waals surface area (Å²) in [6.45, 7) is 1.87. The molecule has 3 N–H and O–H groups in total. The molecule has 17 heteroatoms. The molecular formula is C46H51ClF2N10O4. The number of nitrogens with one attached hydrogen (secondary N) is 3. The average Bonchev–Trinajstić information content (AvgIpc) is 4.04. The molecule has 6 aliphatic rings. The minimum atomic E-state index is -3.13. The highest BCUT2D eigenvalue weighted by Crippen LogP contribution is 2.48. The van der Waals surface area contributed by atoms with Gasteiger partial charge >= 0.3 is 5.92 Å². The summed E-state index contributed by atoms with van der Waals surface area (Å²) in [5.41, 5.74) is 4.20. The molecule has 2 unspecified atom stereocenters. The molecule has 5 atom stereocenters. The quantitative estimate of drug-likeness (QED) is 0.139. The summed E-state index contributed by atoms with van der Waals surface area (Å²) in [6.07, 6.45) is 10.5. The lowest BCUT2D eigenvalue weighted by Gasteiger charge is -2.42. The number of fused-ring (bicyclic) bond motifs is 6. The highest BCUT2D eigenvalue weighted by molar-refractivity contribution is 6.33. The van der Waals surface area contributed by atoms with E-state index in [9.17, 15) is 14.4 Å². The van der Waals surface area contributed by atoms with E-state index in [1.165, 1.54) is 23.0 Å². The van der Waals surface area contributed by atoms with Gasteiger partial charge in [0.2, 0.25) is 23.5 Å². The third-order valence-electron chi connectivity index (χ3n) is 14.8. The lowest BCUT2D eigenvalue weighted by Crippen LogP contribution is -2.47. The van der Waals surface area contributed by atoms with Crippen molar-refractivity contribution in [1.29, 1.82) is 0 Å². The smallest absolute Gasteiger partial charge is 0.301 e. The van der Waals surface area contributed by atoms with Crippen molar-refractivity contribution in [2.45, 2.75) is 100 Å². The number of hydrogen-bond donors (Lipinski definition) is 3. The van der Waals surface area contributed by atoms with E-state index < -0.39 is 30.0 Å². The van der Waals surface area contributed by atoms with Crippen LogP contribution >= 0.6 is 11.6 Å². The minimum absolute atomic E-state index is 0.102. The van der Waals surface area contributed by atoms with Gasteiger partial charge in [-0.05, 0) is 99.3 Å². The molecule has 0 spiro atoms. The summed E-state index contributed by atoms with van der Waals surface area (Å²) >= 11 is 6.67. The summed E-state index contributed by atoms with van der Waals surface area (Å²) in [7, 11) is 3.58. The zero-order chi connectivity index (χ0) is 43.3. The first-order valence-corrected chi connectivity index (χ1v) is 22.8. The van der Waals surface area contributed by atoms with Gasteiger partial charge in [0.15, 0.2) is 12.4 Å². The van der Waals surface area contributed by atoms with Crippen LogP contribution in [0.3, 0.4) is 0 Å². The van der Waals surface area contributed by atoms with Crippen LogP contribution in [0.2, 0.25) is 5.02 Å². The van der Waals surface area contributed by atoms with E-state index in [-0.39, 0.29) is 29.2 Å². The van der Waals surface area contributed by atoms with Gasteiger partial charge in [-0.2, -0.15) is 10.1 Å². The summed E-state index contributed by atoms with van der Waals surface area (Å²) < 4.78 is 39.3. The van der Waals surface area contributed by atoms with Crippen molar-refractivity contribution in [1.82, 2.24) is 34.5 Å². The van der Waals surface area contributed by atoms with Crippen molar-refractivity contribution < 1.29 is 23.1 Å². The number of nitrogens with zero attached hydrogens (tertiary/aromatic N) is 7. The lowest BCUT2D eigenvalue weighted by molar-refractivity contribution is -0.134. The Balaban J connectivity index is 0.754. The van der Waals surface area contributed by atoms with Crippen LogP contribution in [0.5, 0.6) is 5.75 Å². The third-order valence-corrected chi connectivity index (χ3v) is 15.1. The van der Waals surface area contributed by atoms with Gasteiger partial charge in [-0.15, -0.1) is 0 Å². The normalized spacial score (nSPS) is 26.3. The lowest BCUT2D eigenvalue weighted by atomic mass is 9.82. The number of pyridine rings is 1. The number of alkyl halides is 2. The van der Waals surface area contributed by atoms with E-state index in [2.05, 4.69) is 48.9 Å². The Hall–Kier alpha value is -5.35. The Morgan fingerprint density at radius 3 is 2.49 bits per heavy atom. The number of imide groups is 1. The molecule has 1 saturated carbocycles. The Kier molecular flexibility index (Phi) is 9.90. The average molecular weight is 881 g/mol. The standard InChI is InChI=1S/C46H51ClF2N10O4/c1-56-35-12-8-27(20-33(35)38-40(44(56)62)63-23-46(48,49)41(53-38)25-6-7-25)51-42-34(47)21-50-45(54-42)58-16-14-24(15-17-58)22-59-28-9-10-29(59)19-26(18-28)30-4-3-5-31-37(55-57(2)39(30)31)32-11-13-36(60)52-43(32)61/h3-5,8,12,20-21,24-26,28-29,32,41,53H,6-7,9-11,13-19,22-23H2,1-2H3,(H,50,51,54)(H,52,60,61)/t26?,28-,29+,32?,41-/m0/s1. The van der Waals surface area contributed by atoms with Gasteiger partial charge in [0.05, 0.1) is 40.6 Å². The van der Waals surface area contributed by atoms with E-state index in [1.54, 1.807) is 19.3 Å². The molecule has 5 aromatic rings. The fourth-order valence-corrected chi connectivity index (χ4v) is 11.5. The van der Waals surface area contributed by atoms with Gasteiger partial charge in [-0.1, -0.05) is 29.8 Å². The molecule has 5 aliphatic heterocycles. The molecule has 1 aliphatic carbocycles. The Labute approximate surface area is 367 Å². The molecule has 14 nitrogen and oxygen atoms in total. The number of aryl methyl sites for hydroxylation is 2. The fraction of sp³-hybridized carbons (Fsp3) is 0.522. The number of carbonyl (C=O) groups excluding carboxylic acids is 2. The van der Waals surface area contributed by atoms with Crippen molar-refractivity contribution in [2.75, 3.05) is 41.8 Å². The number of amides is 2. The molecule has 330 valence electrons. The number of anilines is 4. The largest absolute Gasteiger partial charge is 0.480 e. The third kappa shape index (κ3) is 7.17. The van der Waals surface area contributed by atoms with E-state index in [4.69, 9.17) is 26.4 Å². The molecule has 5 fully saturated rings. The van der Waals surface area contributed by atoms with E-state index in [0.717, 1.165) is 61.9 Å². The topological polar surface area (TPSA) is 152 Å². The number of halogens is 3. The monoisotopic (exact) mass is 880 g/mol. The van der Waals surface area contributed by atoms with Gasteiger partial charge in [0, 0.05) is 68.7 Å². The Morgan fingerprint density at radius 2 is 1.75 bits per heavy atom. The first-order chi connectivity index (χ1) is 30.4. The van der Waals surface area contributed by atoms with Gasteiger partial charge in [-0.25, -0.2) is 13.8 Å². The first-order valence-electron chi connectivity index (χ1n) is 22.4. The van der Waals surface area contributed by atoms with Gasteiger partial charge < -0.3 is 24.8 Å². The van der Waals surface area contributed by atoms with Gasteiger partial charge in [0.1, 0.15) is 5.02 Å². The Bertz CT molecular complexity index is 2720. The summed E-state index contributed by atoms with van der Waals surface area (Å²) in [5, 5.41) is 15.7. The zero-order valence-corrected chi connectivity index (χ0v) is 36.1. The fourth-order valence-electron chi connectivity index (χ4n) is 11.4. The molecule has 8 heterocycles. The number of aromatic nitrogens is 5. The number of para-hydroxylation sites is 1. The number of hydrogen-bond acceptors (Lipinski definition) is 11. The van der Waals surface area contributed by atoms with Crippen molar-refractivity contribution in [3.05, 3.63) is 69.2 Å². The summed E-state index contributed by atoms with van der Waals surface area (Å²) in [5.74, 6) is -2.31. The summed E-state index contributed by atoms with van der Waals surface area (Å²) in [4.78, 5) is 52.4.